The number of esters is 1. The molecule has 22 heavy (non-hydrogen) atoms. The largest absolute Gasteiger partial charge is 0.496 e. The Hall–Kier alpha value is -2.82. The van der Waals surface area contributed by atoms with Crippen LogP contribution in [0.1, 0.15) is 21.8 Å². The predicted molar refractivity (Wildman–Crippen MR) is 81.1 cm³/mol. The van der Waals surface area contributed by atoms with Gasteiger partial charge in [-0.25, -0.2) is 9.78 Å². The van der Waals surface area contributed by atoms with Crippen molar-refractivity contribution in [3.63, 3.8) is 0 Å². The van der Waals surface area contributed by atoms with Crippen molar-refractivity contribution in [3.05, 3.63) is 59.5 Å². The molecule has 0 radical (unpaired) electrons. The molecule has 2 aromatic carbocycles. The van der Waals surface area contributed by atoms with Crippen LogP contribution < -0.4 is 4.74 Å². The molecule has 0 atom stereocenters. The molecule has 0 amide bonds. The summed E-state index contributed by atoms with van der Waals surface area (Å²) in [5, 5.41) is 0. The molecule has 1 heterocycles. The van der Waals surface area contributed by atoms with E-state index in [4.69, 9.17) is 13.9 Å². The first-order valence-electron chi connectivity index (χ1n) is 6.81. The van der Waals surface area contributed by atoms with Gasteiger partial charge in [-0.05, 0) is 24.3 Å². The van der Waals surface area contributed by atoms with Gasteiger partial charge in [0.2, 0.25) is 0 Å². The van der Waals surface area contributed by atoms with Crippen molar-refractivity contribution in [2.45, 2.75) is 6.42 Å². The average Bonchev–Trinajstić information content (AvgIpc) is 2.95. The summed E-state index contributed by atoms with van der Waals surface area (Å²) in [6.07, 6.45) is 0.520. The molecule has 0 aliphatic heterocycles. The molecule has 0 aliphatic rings. The van der Waals surface area contributed by atoms with E-state index >= 15 is 0 Å². The van der Waals surface area contributed by atoms with E-state index in [-0.39, 0.29) is 0 Å². The summed E-state index contributed by atoms with van der Waals surface area (Å²) in [6, 6.07) is 12.8. The fourth-order valence-corrected chi connectivity index (χ4v) is 2.31. The molecule has 5 heteroatoms. The lowest BCUT2D eigenvalue weighted by Gasteiger charge is -2.05. The lowest BCUT2D eigenvalue weighted by Crippen LogP contribution is -2.00. The minimum absolute atomic E-state index is 0.392. The van der Waals surface area contributed by atoms with Crippen molar-refractivity contribution in [3.8, 4) is 5.75 Å². The monoisotopic (exact) mass is 297 g/mol. The van der Waals surface area contributed by atoms with Crippen LogP contribution in [-0.2, 0) is 11.2 Å². The number of methoxy groups -OCH3 is 2. The number of carbonyl (C=O) groups is 1. The van der Waals surface area contributed by atoms with Gasteiger partial charge in [0, 0.05) is 5.56 Å². The third kappa shape index (κ3) is 2.65. The van der Waals surface area contributed by atoms with Crippen molar-refractivity contribution in [1.29, 1.82) is 0 Å². The maximum Gasteiger partial charge on any atom is 0.337 e. The molecular formula is C17H15NO4. The summed E-state index contributed by atoms with van der Waals surface area (Å²) < 4.78 is 15.8. The van der Waals surface area contributed by atoms with E-state index in [0.717, 1.165) is 11.3 Å². The normalized spacial score (nSPS) is 10.6. The Morgan fingerprint density at radius 2 is 2.00 bits per heavy atom. The molecule has 1 aromatic heterocycles. The van der Waals surface area contributed by atoms with E-state index in [2.05, 4.69) is 4.98 Å². The molecule has 0 bridgehead atoms. The Morgan fingerprint density at radius 1 is 1.18 bits per heavy atom. The van der Waals surface area contributed by atoms with E-state index in [1.807, 2.05) is 24.3 Å². The number of para-hydroxylation sites is 1. The Kier molecular flexibility index (Phi) is 3.78. The predicted octanol–water partition coefficient (Wildman–Crippen LogP) is 3.21. The van der Waals surface area contributed by atoms with Crippen LogP contribution in [0.2, 0.25) is 0 Å². The van der Waals surface area contributed by atoms with Gasteiger partial charge < -0.3 is 13.9 Å². The summed E-state index contributed by atoms with van der Waals surface area (Å²) in [4.78, 5) is 16.0. The second-order valence-corrected chi connectivity index (χ2v) is 4.77. The second-order valence-electron chi connectivity index (χ2n) is 4.77. The highest BCUT2D eigenvalue weighted by Crippen LogP contribution is 2.23. The summed E-state index contributed by atoms with van der Waals surface area (Å²) in [6.45, 7) is 0. The molecule has 0 saturated heterocycles. The Labute approximate surface area is 127 Å². The number of hydrogen-bond acceptors (Lipinski definition) is 5. The highest BCUT2D eigenvalue weighted by molar-refractivity contribution is 5.93. The van der Waals surface area contributed by atoms with Crippen LogP contribution in [-0.4, -0.2) is 25.2 Å². The summed E-state index contributed by atoms with van der Waals surface area (Å²) in [7, 11) is 2.98. The lowest BCUT2D eigenvalue weighted by molar-refractivity contribution is 0.0601. The second kappa shape index (κ2) is 5.89. The minimum atomic E-state index is -0.392. The number of benzene rings is 2. The van der Waals surface area contributed by atoms with Gasteiger partial charge in [-0.2, -0.15) is 0 Å². The van der Waals surface area contributed by atoms with Gasteiger partial charge >= 0.3 is 5.97 Å². The van der Waals surface area contributed by atoms with Gasteiger partial charge in [-0.1, -0.05) is 18.2 Å². The molecular weight excluding hydrogens is 282 g/mol. The highest BCUT2D eigenvalue weighted by Gasteiger charge is 2.12. The van der Waals surface area contributed by atoms with E-state index in [9.17, 15) is 4.79 Å². The number of fused-ring (bicyclic) bond motifs is 1. The van der Waals surface area contributed by atoms with Gasteiger partial charge in [0.05, 0.1) is 26.2 Å². The highest BCUT2D eigenvalue weighted by atomic mass is 16.5. The molecule has 0 spiro atoms. The molecule has 3 rings (SSSR count). The molecule has 0 aliphatic carbocycles. The summed E-state index contributed by atoms with van der Waals surface area (Å²) in [5.74, 6) is 0.970. The number of nitrogens with zero attached hydrogens (tertiary/aromatic N) is 1. The van der Waals surface area contributed by atoms with Crippen molar-refractivity contribution in [2.24, 2.45) is 0 Å². The van der Waals surface area contributed by atoms with E-state index in [1.165, 1.54) is 7.11 Å². The fraction of sp³-hybridized carbons (Fsp3) is 0.176. The Balaban J connectivity index is 1.93. The van der Waals surface area contributed by atoms with Crippen molar-refractivity contribution >= 4 is 17.1 Å². The number of carbonyl (C=O) groups excluding carboxylic acids is 1. The summed E-state index contributed by atoms with van der Waals surface area (Å²) in [5.41, 5.74) is 2.71. The van der Waals surface area contributed by atoms with Crippen LogP contribution in [0.4, 0.5) is 0 Å². The third-order valence-corrected chi connectivity index (χ3v) is 3.39. The van der Waals surface area contributed by atoms with Gasteiger partial charge in [-0.3, -0.25) is 0 Å². The van der Waals surface area contributed by atoms with E-state index in [0.29, 0.717) is 29.0 Å². The van der Waals surface area contributed by atoms with Crippen molar-refractivity contribution in [2.75, 3.05) is 14.2 Å². The number of aromatic nitrogens is 1. The van der Waals surface area contributed by atoms with Crippen LogP contribution in [0.15, 0.2) is 46.9 Å². The van der Waals surface area contributed by atoms with Crippen LogP contribution >= 0.6 is 0 Å². The Bertz CT molecular complexity index is 822. The zero-order chi connectivity index (χ0) is 15.5. The van der Waals surface area contributed by atoms with Gasteiger partial charge in [0.1, 0.15) is 11.3 Å². The number of oxazole rings is 1. The smallest absolute Gasteiger partial charge is 0.337 e. The lowest BCUT2D eigenvalue weighted by atomic mass is 10.1. The first kappa shape index (κ1) is 14.1. The summed E-state index contributed by atoms with van der Waals surface area (Å²) >= 11 is 0. The van der Waals surface area contributed by atoms with Gasteiger partial charge in [0.25, 0.3) is 0 Å². The van der Waals surface area contributed by atoms with Crippen LogP contribution in [0.5, 0.6) is 5.75 Å². The SMILES string of the molecule is COC(=O)c1ccc2oc(Cc3ccccc3OC)nc2c1. The van der Waals surface area contributed by atoms with E-state index in [1.54, 1.807) is 25.3 Å². The van der Waals surface area contributed by atoms with Crippen molar-refractivity contribution < 1.29 is 18.7 Å². The van der Waals surface area contributed by atoms with E-state index < -0.39 is 5.97 Å². The minimum Gasteiger partial charge on any atom is -0.496 e. The zero-order valence-electron chi connectivity index (χ0n) is 12.3. The maximum atomic E-state index is 11.5. The van der Waals surface area contributed by atoms with Crippen LogP contribution in [0.25, 0.3) is 11.1 Å². The number of ether oxygens (including phenoxy) is 2. The first-order valence-corrected chi connectivity index (χ1v) is 6.81. The average molecular weight is 297 g/mol. The van der Waals surface area contributed by atoms with Crippen LogP contribution in [0.3, 0.4) is 0 Å². The molecule has 112 valence electrons. The standard InChI is InChI=1S/C17H15NO4/c1-20-14-6-4-3-5-11(14)10-16-18-13-9-12(17(19)21-2)7-8-15(13)22-16/h3-9H,10H2,1-2H3. The molecule has 0 unspecified atom stereocenters. The first-order chi connectivity index (χ1) is 10.7. The molecule has 0 N–H and O–H groups in total. The molecule has 3 aromatic rings. The zero-order valence-corrected chi connectivity index (χ0v) is 12.3. The van der Waals surface area contributed by atoms with Gasteiger partial charge in [0.15, 0.2) is 11.5 Å². The van der Waals surface area contributed by atoms with Crippen LogP contribution in [0, 0.1) is 0 Å². The molecule has 0 saturated carbocycles. The quantitative estimate of drug-likeness (QED) is 0.692. The molecule has 0 fully saturated rings. The van der Waals surface area contributed by atoms with Crippen molar-refractivity contribution in [1.82, 2.24) is 4.98 Å². The maximum absolute atomic E-state index is 11.5. The van der Waals surface area contributed by atoms with Gasteiger partial charge in [-0.15, -0.1) is 0 Å². The Morgan fingerprint density at radius 3 is 2.77 bits per heavy atom. The number of hydrogen-bond donors (Lipinski definition) is 0. The fourth-order valence-electron chi connectivity index (χ4n) is 2.31. The molecule has 5 nitrogen and oxygen atoms in total. The topological polar surface area (TPSA) is 61.6 Å². The third-order valence-electron chi connectivity index (χ3n) is 3.39. The number of rotatable bonds is 4.